The van der Waals surface area contributed by atoms with E-state index in [-0.39, 0.29) is 30.0 Å². The quantitative estimate of drug-likeness (QED) is 0.322. The van der Waals surface area contributed by atoms with E-state index in [0.717, 1.165) is 61.5 Å². The Morgan fingerprint density at radius 3 is 2.72 bits per heavy atom. The normalized spacial score (nSPS) is 19.0. The monoisotopic (exact) mass is 554 g/mol. The highest BCUT2D eigenvalue weighted by Crippen LogP contribution is 2.17. The molecule has 2 aromatic rings. The summed E-state index contributed by atoms with van der Waals surface area (Å²) >= 11 is 0. The molecule has 2 aliphatic rings. The summed E-state index contributed by atoms with van der Waals surface area (Å²) in [6.45, 7) is 4.14. The fourth-order valence-corrected chi connectivity index (χ4v) is 4.25. The van der Waals surface area contributed by atoms with Gasteiger partial charge in [0.1, 0.15) is 18.2 Å². The third-order valence-electron chi connectivity index (χ3n) is 5.94. The van der Waals surface area contributed by atoms with Gasteiger partial charge >= 0.3 is 0 Å². The summed E-state index contributed by atoms with van der Waals surface area (Å²) in [6, 6.07) is 4.57. The number of ether oxygens (including phenoxy) is 1. The Labute approximate surface area is 207 Å². The zero-order valence-electron chi connectivity index (χ0n) is 19.1. The van der Waals surface area contributed by atoms with Crippen LogP contribution in [0.5, 0.6) is 0 Å². The van der Waals surface area contributed by atoms with E-state index in [1.807, 2.05) is 10.9 Å². The second kappa shape index (κ2) is 12.3. The lowest BCUT2D eigenvalue weighted by atomic mass is 10.1. The van der Waals surface area contributed by atoms with Crippen molar-refractivity contribution >= 4 is 35.8 Å². The van der Waals surface area contributed by atoms with Crippen LogP contribution in [0.3, 0.4) is 0 Å². The number of fused-ring (bicyclic) bond motifs is 1. The Kier molecular flexibility index (Phi) is 9.51. The Balaban J connectivity index is 0.00000289. The van der Waals surface area contributed by atoms with Gasteiger partial charge in [0.15, 0.2) is 11.8 Å². The predicted octanol–water partition coefficient (Wildman–Crippen LogP) is 2.50. The summed E-state index contributed by atoms with van der Waals surface area (Å²) in [4.78, 5) is 16.0. The standard InChI is InChI=1S/C22H34N8O.HI/c1-23-22(26-18-8-10-21-27-19(16-31-2)28-30(21)15-18)25-14-17-7-9-20(24-13-17)29-11-5-3-4-6-12-29;/h7,9,13,18H,3-6,8,10-12,14-16H2,1-2H3,(H2,23,25,26);1H. The molecule has 0 bridgehead atoms. The van der Waals surface area contributed by atoms with E-state index in [9.17, 15) is 0 Å². The third-order valence-corrected chi connectivity index (χ3v) is 5.94. The number of halogens is 1. The number of hydrogen-bond acceptors (Lipinski definition) is 6. The Morgan fingerprint density at radius 2 is 2.03 bits per heavy atom. The second-order valence-corrected chi connectivity index (χ2v) is 8.29. The van der Waals surface area contributed by atoms with Gasteiger partial charge < -0.3 is 20.3 Å². The SMILES string of the molecule is CN=C(NCc1ccc(N2CCCCCC2)nc1)NC1CCc2nc(COC)nn2C1.I. The molecule has 0 spiro atoms. The summed E-state index contributed by atoms with van der Waals surface area (Å²) in [6.07, 6.45) is 9.05. The van der Waals surface area contributed by atoms with E-state index >= 15 is 0 Å². The van der Waals surface area contributed by atoms with E-state index in [0.29, 0.717) is 13.2 Å². The molecule has 2 aromatic heterocycles. The molecule has 10 heteroatoms. The van der Waals surface area contributed by atoms with Gasteiger partial charge in [-0.05, 0) is 30.9 Å². The molecule has 176 valence electrons. The lowest BCUT2D eigenvalue weighted by Gasteiger charge is -2.25. The highest BCUT2D eigenvalue weighted by Gasteiger charge is 2.22. The average molecular weight is 554 g/mol. The van der Waals surface area contributed by atoms with Crippen molar-refractivity contribution in [3.63, 3.8) is 0 Å². The summed E-state index contributed by atoms with van der Waals surface area (Å²) in [7, 11) is 3.47. The third kappa shape index (κ3) is 6.53. The van der Waals surface area contributed by atoms with Crippen LogP contribution in [0.4, 0.5) is 5.82 Å². The number of anilines is 1. The summed E-state index contributed by atoms with van der Waals surface area (Å²) in [5.41, 5.74) is 1.15. The first-order valence-corrected chi connectivity index (χ1v) is 11.3. The fourth-order valence-electron chi connectivity index (χ4n) is 4.25. The first-order valence-electron chi connectivity index (χ1n) is 11.3. The molecule has 0 amide bonds. The van der Waals surface area contributed by atoms with Crippen LogP contribution in [-0.2, 0) is 30.9 Å². The van der Waals surface area contributed by atoms with Crippen LogP contribution in [-0.4, -0.2) is 59.0 Å². The topological polar surface area (TPSA) is 92.5 Å². The molecule has 2 N–H and O–H groups in total. The molecule has 1 fully saturated rings. The van der Waals surface area contributed by atoms with Crippen LogP contribution >= 0.6 is 24.0 Å². The summed E-state index contributed by atoms with van der Waals surface area (Å²) in [5.74, 6) is 3.66. The lowest BCUT2D eigenvalue weighted by Crippen LogP contribution is -2.46. The van der Waals surface area contributed by atoms with Gasteiger partial charge in [-0.2, -0.15) is 5.10 Å². The summed E-state index contributed by atoms with van der Waals surface area (Å²) < 4.78 is 7.13. The molecule has 1 atom stereocenters. The minimum absolute atomic E-state index is 0. The van der Waals surface area contributed by atoms with Crippen LogP contribution in [0.2, 0.25) is 0 Å². The molecule has 4 heterocycles. The predicted molar refractivity (Wildman–Crippen MR) is 137 cm³/mol. The molecule has 4 rings (SSSR count). The number of guanidine groups is 1. The van der Waals surface area contributed by atoms with E-state index in [1.54, 1.807) is 14.2 Å². The van der Waals surface area contributed by atoms with Crippen LogP contribution in [0.1, 0.15) is 49.3 Å². The van der Waals surface area contributed by atoms with E-state index in [1.165, 1.54) is 25.7 Å². The largest absolute Gasteiger partial charge is 0.377 e. The Bertz CT molecular complexity index is 861. The maximum absolute atomic E-state index is 5.14. The van der Waals surface area contributed by atoms with E-state index < -0.39 is 0 Å². The molecule has 0 aliphatic carbocycles. The zero-order valence-corrected chi connectivity index (χ0v) is 21.4. The number of methoxy groups -OCH3 is 1. The first-order chi connectivity index (χ1) is 15.2. The number of pyridine rings is 1. The number of aliphatic imine (C=N–C) groups is 1. The molecule has 0 aromatic carbocycles. The number of hydrogen-bond donors (Lipinski definition) is 2. The molecular formula is C22H35IN8O. The second-order valence-electron chi connectivity index (χ2n) is 8.29. The smallest absolute Gasteiger partial charge is 0.191 e. The van der Waals surface area contributed by atoms with Crippen molar-refractivity contribution < 1.29 is 4.74 Å². The Morgan fingerprint density at radius 1 is 1.22 bits per heavy atom. The maximum Gasteiger partial charge on any atom is 0.191 e. The van der Waals surface area contributed by atoms with Gasteiger partial charge in [0, 0.05) is 52.5 Å². The van der Waals surface area contributed by atoms with Crippen LogP contribution in [0, 0.1) is 0 Å². The average Bonchev–Trinajstić information content (AvgIpc) is 3.00. The molecular weight excluding hydrogens is 519 g/mol. The van der Waals surface area contributed by atoms with Gasteiger partial charge in [-0.3, -0.25) is 4.99 Å². The number of nitrogens with one attached hydrogen (secondary N) is 2. The van der Waals surface area contributed by atoms with Crippen LogP contribution in [0.25, 0.3) is 0 Å². The van der Waals surface area contributed by atoms with Crippen molar-refractivity contribution in [1.82, 2.24) is 30.4 Å². The molecule has 0 radical (unpaired) electrons. The van der Waals surface area contributed by atoms with E-state index in [2.05, 4.69) is 42.7 Å². The first kappa shape index (κ1) is 24.7. The van der Waals surface area contributed by atoms with Gasteiger partial charge in [0.2, 0.25) is 0 Å². The minimum atomic E-state index is 0. The van der Waals surface area contributed by atoms with Gasteiger partial charge in [-0.1, -0.05) is 18.9 Å². The Hall–Kier alpha value is -1.95. The maximum atomic E-state index is 5.14. The molecule has 1 saturated heterocycles. The molecule has 9 nitrogen and oxygen atoms in total. The highest BCUT2D eigenvalue weighted by molar-refractivity contribution is 14.0. The molecule has 1 unspecified atom stereocenters. The van der Waals surface area contributed by atoms with Crippen LogP contribution in [0.15, 0.2) is 23.3 Å². The zero-order chi connectivity index (χ0) is 21.5. The molecule has 2 aliphatic heterocycles. The number of rotatable bonds is 6. The molecule has 32 heavy (non-hydrogen) atoms. The lowest BCUT2D eigenvalue weighted by molar-refractivity contribution is 0.177. The fraction of sp³-hybridized carbons (Fsp3) is 0.636. The number of nitrogens with zero attached hydrogens (tertiary/aromatic N) is 6. The van der Waals surface area contributed by atoms with Gasteiger partial charge in [0.25, 0.3) is 0 Å². The summed E-state index contributed by atoms with van der Waals surface area (Å²) in [5, 5.41) is 11.5. The number of aromatic nitrogens is 4. The number of aryl methyl sites for hydroxylation is 1. The van der Waals surface area contributed by atoms with Crippen molar-refractivity contribution in [2.24, 2.45) is 4.99 Å². The minimum Gasteiger partial charge on any atom is -0.377 e. The van der Waals surface area contributed by atoms with Crippen molar-refractivity contribution in [3.05, 3.63) is 35.5 Å². The van der Waals surface area contributed by atoms with Crippen molar-refractivity contribution in [2.75, 3.05) is 32.1 Å². The van der Waals surface area contributed by atoms with Crippen molar-refractivity contribution in [1.29, 1.82) is 0 Å². The molecule has 0 saturated carbocycles. The van der Waals surface area contributed by atoms with Gasteiger partial charge in [0.05, 0.1) is 6.54 Å². The van der Waals surface area contributed by atoms with Crippen LogP contribution < -0.4 is 15.5 Å². The highest BCUT2D eigenvalue weighted by atomic mass is 127. The van der Waals surface area contributed by atoms with Gasteiger partial charge in [-0.15, -0.1) is 24.0 Å². The van der Waals surface area contributed by atoms with E-state index in [4.69, 9.17) is 9.72 Å². The van der Waals surface area contributed by atoms with Crippen molar-refractivity contribution in [2.45, 2.75) is 64.3 Å². The van der Waals surface area contributed by atoms with Crippen molar-refractivity contribution in [3.8, 4) is 0 Å². The van der Waals surface area contributed by atoms with Gasteiger partial charge in [-0.25, -0.2) is 14.6 Å².